The normalized spacial score (nSPS) is 19.4. The number of Topliss-reactive ketones (excluding diaryl/α,β-unsaturated/α-hetero) is 1. The summed E-state index contributed by atoms with van der Waals surface area (Å²) in [5, 5.41) is 15.3. The first kappa shape index (κ1) is 27.7. The third-order valence-electron chi connectivity index (χ3n) is 4.70. The van der Waals surface area contributed by atoms with Gasteiger partial charge in [-0.3, -0.25) is 24.1 Å². The topological polar surface area (TPSA) is 191 Å². The van der Waals surface area contributed by atoms with Crippen LogP contribution in [0.5, 0.6) is 0 Å². The van der Waals surface area contributed by atoms with Crippen molar-refractivity contribution in [3.63, 3.8) is 0 Å². The van der Waals surface area contributed by atoms with Gasteiger partial charge in [0.25, 0.3) is 11.8 Å². The smallest absolute Gasteiger partial charge is 0.352 e. The van der Waals surface area contributed by atoms with Crippen LogP contribution in [0.25, 0.3) is 0 Å². The zero-order chi connectivity index (χ0) is 26.6. The number of thioether (sulfide) groups is 1. The highest BCUT2D eigenvalue weighted by Gasteiger charge is 2.54. The van der Waals surface area contributed by atoms with Gasteiger partial charge in [-0.15, -0.1) is 23.4 Å². The number of ether oxygens (including phenoxy) is 1. The molecule has 2 aliphatic rings. The van der Waals surface area contributed by atoms with E-state index in [1.807, 2.05) is 0 Å². The Morgan fingerprint density at radius 3 is 2.67 bits per heavy atom. The summed E-state index contributed by atoms with van der Waals surface area (Å²) in [7, 11) is 0. The Morgan fingerprint density at radius 2 is 2.08 bits per heavy atom. The minimum Gasteiger partial charge on any atom is -0.477 e. The predicted octanol–water partition coefficient (Wildman–Crippen LogP) is 0.599. The molecule has 2 amide bonds. The molecule has 13 nitrogen and oxygen atoms in total. The number of nitrogens with two attached hydrogens (primary N) is 1. The van der Waals surface area contributed by atoms with Crippen LogP contribution < -0.4 is 11.1 Å². The lowest BCUT2D eigenvalue weighted by atomic mass is 10.0. The molecule has 1 aromatic heterocycles. The number of alkyl halides is 1. The zero-order valence-corrected chi connectivity index (χ0v) is 21.6. The average molecular weight is 580 g/mol. The number of nitrogens with one attached hydrogen (secondary N) is 1. The van der Waals surface area contributed by atoms with Crippen molar-refractivity contribution in [2.75, 3.05) is 30.6 Å². The fourth-order valence-electron chi connectivity index (χ4n) is 3.23. The minimum absolute atomic E-state index is 0.0171. The largest absolute Gasteiger partial charge is 0.477 e. The molecule has 4 N–H and O–H groups in total. The van der Waals surface area contributed by atoms with E-state index in [1.54, 1.807) is 0 Å². The monoisotopic (exact) mass is 579 g/mol. The number of carboxylic acids is 1. The Hall–Kier alpha value is -2.88. The highest BCUT2D eigenvalue weighted by molar-refractivity contribution is 8.00. The van der Waals surface area contributed by atoms with Gasteiger partial charge in [-0.1, -0.05) is 28.1 Å². The maximum atomic E-state index is 13.0. The van der Waals surface area contributed by atoms with E-state index in [2.05, 4.69) is 15.5 Å². The van der Waals surface area contributed by atoms with Crippen molar-refractivity contribution in [1.82, 2.24) is 15.2 Å². The Balaban J connectivity index is 1.76. The van der Waals surface area contributed by atoms with Crippen LogP contribution in [-0.2, 0) is 33.5 Å². The number of rotatable bonds is 11. The highest BCUT2D eigenvalue weighted by Crippen LogP contribution is 2.40. The number of nitrogens with zero attached hydrogens (tertiary/aromatic N) is 3. The van der Waals surface area contributed by atoms with Gasteiger partial charge in [-0.05, 0) is 6.92 Å². The number of nitrogen functional groups attached to an aromatic ring is 1. The molecule has 17 heteroatoms. The SMILES string of the molecule is CC(=O)CC(=O)OCC1=C(C(=O)O)N2C(=O)[C@@H](NC(=O)/C(=N\OCCCl)c3nc(N)sc3Cl)[C@H]2SC1. The molecule has 0 aliphatic carbocycles. The van der Waals surface area contributed by atoms with Crippen molar-refractivity contribution in [1.29, 1.82) is 0 Å². The average Bonchev–Trinajstić information content (AvgIpc) is 3.14. The molecule has 36 heavy (non-hydrogen) atoms. The molecule has 1 saturated heterocycles. The molecule has 0 saturated carbocycles. The van der Waals surface area contributed by atoms with Crippen LogP contribution in [0.1, 0.15) is 19.0 Å². The second-order valence-electron chi connectivity index (χ2n) is 7.29. The molecule has 1 aromatic rings. The Labute approximate surface area is 221 Å². The number of halogens is 2. The first-order valence-electron chi connectivity index (χ1n) is 10.1. The van der Waals surface area contributed by atoms with E-state index in [0.717, 1.165) is 28.0 Å². The lowest BCUT2D eigenvalue weighted by Crippen LogP contribution is -2.71. The molecule has 0 aromatic carbocycles. The molecule has 2 atom stereocenters. The molecule has 1 fully saturated rings. The van der Waals surface area contributed by atoms with Crippen LogP contribution in [0, 0.1) is 0 Å². The van der Waals surface area contributed by atoms with Crippen LogP contribution in [-0.4, -0.2) is 86.5 Å². The second-order valence-corrected chi connectivity index (χ2v) is 10.4. The lowest BCUT2D eigenvalue weighted by Gasteiger charge is -2.49. The molecule has 194 valence electrons. The van der Waals surface area contributed by atoms with Gasteiger partial charge in [0.15, 0.2) is 10.8 Å². The van der Waals surface area contributed by atoms with E-state index in [4.69, 9.17) is 38.5 Å². The number of thiazole rings is 1. The molecular weight excluding hydrogens is 561 g/mol. The van der Waals surface area contributed by atoms with Gasteiger partial charge in [-0.25, -0.2) is 9.78 Å². The molecule has 0 spiro atoms. The fourth-order valence-corrected chi connectivity index (χ4v) is 5.55. The number of aromatic nitrogens is 1. The number of hydrogen-bond acceptors (Lipinski definition) is 12. The number of carbonyl (C=O) groups is 5. The summed E-state index contributed by atoms with van der Waals surface area (Å²) < 4.78 is 5.05. The number of carbonyl (C=O) groups excluding carboxylic acids is 4. The van der Waals surface area contributed by atoms with Crippen molar-refractivity contribution >= 4 is 86.7 Å². The van der Waals surface area contributed by atoms with Gasteiger partial charge in [-0.2, -0.15) is 0 Å². The van der Waals surface area contributed by atoms with Crippen molar-refractivity contribution in [2.24, 2.45) is 5.16 Å². The number of ketones is 1. The van der Waals surface area contributed by atoms with Gasteiger partial charge in [0, 0.05) is 11.3 Å². The third kappa shape index (κ3) is 6.08. The van der Waals surface area contributed by atoms with E-state index in [-0.39, 0.29) is 50.4 Å². The maximum Gasteiger partial charge on any atom is 0.352 e. The lowest BCUT2D eigenvalue weighted by molar-refractivity contribution is -0.150. The van der Waals surface area contributed by atoms with E-state index >= 15 is 0 Å². The summed E-state index contributed by atoms with van der Waals surface area (Å²) in [6.07, 6.45) is -0.449. The van der Waals surface area contributed by atoms with Gasteiger partial charge < -0.3 is 25.7 Å². The van der Waals surface area contributed by atoms with Crippen LogP contribution >= 0.6 is 46.3 Å². The summed E-state index contributed by atoms with van der Waals surface area (Å²) in [6.45, 7) is 0.804. The van der Waals surface area contributed by atoms with E-state index < -0.39 is 54.0 Å². The van der Waals surface area contributed by atoms with Crippen LogP contribution in [0.15, 0.2) is 16.4 Å². The number of amides is 2. The Morgan fingerprint density at radius 1 is 1.36 bits per heavy atom. The second kappa shape index (κ2) is 11.9. The molecule has 2 aliphatic heterocycles. The maximum absolute atomic E-state index is 13.0. The molecule has 3 rings (SSSR count). The first-order valence-corrected chi connectivity index (χ1v) is 12.9. The van der Waals surface area contributed by atoms with Gasteiger partial charge in [0.2, 0.25) is 0 Å². The third-order valence-corrected chi connectivity index (χ3v) is 7.28. The summed E-state index contributed by atoms with van der Waals surface area (Å²) >= 11 is 13.7. The number of aliphatic carboxylic acids is 1. The molecule has 0 radical (unpaired) electrons. The summed E-state index contributed by atoms with van der Waals surface area (Å²) in [5.74, 6) is -3.97. The van der Waals surface area contributed by atoms with E-state index in [0.29, 0.717) is 0 Å². The van der Waals surface area contributed by atoms with Gasteiger partial charge in [0.05, 0.1) is 5.88 Å². The van der Waals surface area contributed by atoms with Crippen molar-refractivity contribution in [3.8, 4) is 0 Å². The minimum atomic E-state index is -1.41. The number of hydrogen-bond donors (Lipinski definition) is 3. The quantitative estimate of drug-likeness (QED) is 0.0632. The van der Waals surface area contributed by atoms with Gasteiger partial charge in [0.1, 0.15) is 52.6 Å². The zero-order valence-electron chi connectivity index (χ0n) is 18.5. The fraction of sp³-hybridized carbons (Fsp3) is 0.421. The van der Waals surface area contributed by atoms with Gasteiger partial charge >= 0.3 is 11.9 Å². The molecule has 0 unspecified atom stereocenters. The number of anilines is 1. The number of β-lactam (4-membered cyclic amide) rings is 1. The van der Waals surface area contributed by atoms with E-state index in [9.17, 15) is 29.1 Å². The Kier molecular flexibility index (Phi) is 9.16. The van der Waals surface area contributed by atoms with Crippen molar-refractivity contribution in [3.05, 3.63) is 21.3 Å². The number of fused-ring (bicyclic) bond motifs is 1. The van der Waals surface area contributed by atoms with Crippen LogP contribution in [0.3, 0.4) is 0 Å². The Bertz CT molecular complexity index is 1170. The molecular formula is C19H19Cl2N5O8S2. The number of esters is 1. The summed E-state index contributed by atoms with van der Waals surface area (Å²) in [4.78, 5) is 70.4. The molecule has 3 heterocycles. The highest BCUT2D eigenvalue weighted by atomic mass is 35.5. The van der Waals surface area contributed by atoms with Crippen LogP contribution in [0.4, 0.5) is 5.13 Å². The van der Waals surface area contributed by atoms with Crippen LogP contribution in [0.2, 0.25) is 4.34 Å². The summed E-state index contributed by atoms with van der Waals surface area (Å²) in [6, 6.07) is -1.09. The number of oxime groups is 1. The standard InChI is InChI=1S/C19H19Cl2N5O8S2/c1-7(27)4-9(28)33-5-8-6-35-17-12(16(30)26(17)13(8)18(31)32)23-15(29)11(25-34-3-2-20)10-14(21)36-19(22)24-10/h12,17H,2-6H2,1H3,(H2,22,24)(H,23,29)(H,31,32)/b25-11-/t12-,17-/m1/s1. The van der Waals surface area contributed by atoms with Crippen molar-refractivity contribution in [2.45, 2.75) is 24.8 Å². The van der Waals surface area contributed by atoms with E-state index in [1.165, 1.54) is 6.92 Å². The molecule has 0 bridgehead atoms. The summed E-state index contributed by atoms with van der Waals surface area (Å²) in [5.41, 5.74) is 5.09. The predicted molar refractivity (Wildman–Crippen MR) is 131 cm³/mol. The number of carboxylic acid groups (broad SMARTS) is 1. The first-order chi connectivity index (χ1) is 17.0. The van der Waals surface area contributed by atoms with Crippen molar-refractivity contribution < 1.29 is 38.7 Å².